The first kappa shape index (κ1) is 20.2. The summed E-state index contributed by atoms with van der Waals surface area (Å²) in [6.07, 6.45) is -0.291. The lowest BCUT2D eigenvalue weighted by molar-refractivity contribution is -0.119. The van der Waals surface area contributed by atoms with E-state index in [4.69, 9.17) is 14.7 Å². The van der Waals surface area contributed by atoms with Gasteiger partial charge in [0, 0.05) is 5.69 Å². The highest BCUT2D eigenvalue weighted by molar-refractivity contribution is 7.14. The third-order valence-corrected chi connectivity index (χ3v) is 4.39. The second-order valence-electron chi connectivity index (χ2n) is 5.98. The van der Waals surface area contributed by atoms with Gasteiger partial charge >= 0.3 is 11.9 Å². The number of esters is 2. The monoisotopic (exact) mass is 389 g/mol. The van der Waals surface area contributed by atoms with Crippen molar-refractivity contribution in [2.75, 3.05) is 11.9 Å². The first-order valence-corrected chi connectivity index (χ1v) is 8.97. The normalized spacial score (nSPS) is 10.4. The zero-order valence-electron chi connectivity index (χ0n) is 15.3. The van der Waals surface area contributed by atoms with E-state index in [2.05, 4.69) is 10.3 Å². The summed E-state index contributed by atoms with van der Waals surface area (Å²) in [6.45, 7) is 6.18. The van der Waals surface area contributed by atoms with Crippen LogP contribution in [0.3, 0.4) is 0 Å². The van der Waals surface area contributed by atoms with Crippen LogP contribution in [-0.2, 0) is 14.3 Å². The number of nitrogens with zero attached hydrogens (tertiary/aromatic N) is 1. The molecule has 142 valence electrons. The molecule has 0 aliphatic heterocycles. The van der Waals surface area contributed by atoms with Gasteiger partial charge in [-0.15, -0.1) is 11.3 Å². The van der Waals surface area contributed by atoms with E-state index in [0.29, 0.717) is 21.8 Å². The summed E-state index contributed by atoms with van der Waals surface area (Å²) in [5.41, 5.74) is 1.58. The molecule has 0 atom stereocenters. The predicted octanol–water partition coefficient (Wildman–Crippen LogP) is 2.93. The van der Waals surface area contributed by atoms with Crippen LogP contribution in [0.4, 0.5) is 5.00 Å². The Bertz CT molecular complexity index is 920. The third kappa shape index (κ3) is 4.74. The van der Waals surface area contributed by atoms with Crippen molar-refractivity contribution in [2.45, 2.75) is 33.8 Å². The van der Waals surface area contributed by atoms with Crippen molar-refractivity contribution in [2.24, 2.45) is 0 Å². The number of anilines is 1. The molecule has 0 bridgehead atoms. The quantitative estimate of drug-likeness (QED) is 0.733. The summed E-state index contributed by atoms with van der Waals surface area (Å²) >= 11 is 1.20. The van der Waals surface area contributed by atoms with Gasteiger partial charge in [0.05, 0.1) is 17.2 Å². The Morgan fingerprint density at radius 2 is 2.00 bits per heavy atom. The summed E-state index contributed by atoms with van der Waals surface area (Å²) in [7, 11) is 0. The summed E-state index contributed by atoms with van der Waals surface area (Å²) < 4.78 is 10.2. The lowest BCUT2D eigenvalue weighted by Gasteiger charge is -2.08. The van der Waals surface area contributed by atoms with Crippen molar-refractivity contribution in [3.63, 3.8) is 0 Å². The molecule has 0 unspecified atom stereocenters. The molecule has 0 saturated heterocycles. The van der Waals surface area contributed by atoms with Crippen molar-refractivity contribution < 1.29 is 23.9 Å². The minimum Gasteiger partial charge on any atom is -0.459 e. The Kier molecular flexibility index (Phi) is 6.36. The van der Waals surface area contributed by atoms with Crippen LogP contribution in [0, 0.1) is 25.2 Å². The van der Waals surface area contributed by atoms with Crippen LogP contribution in [0.1, 0.15) is 51.5 Å². The number of hydrogen-bond donors (Lipinski definition) is 2. The van der Waals surface area contributed by atoms with E-state index >= 15 is 0 Å². The Labute approximate surface area is 160 Å². The van der Waals surface area contributed by atoms with Gasteiger partial charge < -0.3 is 19.8 Å². The molecule has 9 heteroatoms. The number of rotatable bonds is 6. The zero-order valence-corrected chi connectivity index (χ0v) is 16.2. The highest BCUT2D eigenvalue weighted by Crippen LogP contribution is 2.22. The number of aryl methyl sites for hydroxylation is 1. The lowest BCUT2D eigenvalue weighted by atomic mass is 10.1. The first-order chi connectivity index (χ1) is 12.7. The number of hydrogen-bond acceptors (Lipinski definition) is 7. The maximum atomic E-state index is 12.3. The minimum absolute atomic E-state index is 0.0878. The third-order valence-electron chi connectivity index (χ3n) is 3.56. The number of aromatic amines is 1. The van der Waals surface area contributed by atoms with Crippen LogP contribution in [0.2, 0.25) is 0 Å². The molecule has 0 aliphatic carbocycles. The highest BCUT2D eigenvalue weighted by atomic mass is 32.1. The van der Waals surface area contributed by atoms with E-state index in [1.807, 2.05) is 6.07 Å². The number of ether oxygens (including phenoxy) is 2. The molecule has 2 N–H and O–H groups in total. The predicted molar refractivity (Wildman–Crippen MR) is 98.8 cm³/mol. The molecule has 1 amide bonds. The molecule has 0 fully saturated rings. The van der Waals surface area contributed by atoms with Gasteiger partial charge in [0.25, 0.3) is 5.91 Å². The fourth-order valence-electron chi connectivity index (χ4n) is 2.39. The molecular weight excluding hydrogens is 370 g/mol. The van der Waals surface area contributed by atoms with Gasteiger partial charge in [-0.2, -0.15) is 5.26 Å². The second kappa shape index (κ2) is 8.51. The van der Waals surface area contributed by atoms with Crippen LogP contribution >= 0.6 is 11.3 Å². The van der Waals surface area contributed by atoms with Crippen molar-refractivity contribution in [3.05, 3.63) is 39.5 Å². The van der Waals surface area contributed by atoms with Gasteiger partial charge in [0.15, 0.2) is 6.61 Å². The molecule has 0 saturated carbocycles. The standard InChI is InChI=1S/C18H19N3O5S/c1-9(2)26-17(23)14-10(3)15(20-11(14)4)18(24)25-8-13(22)21-16-12(7-19)5-6-27-16/h5-6,9,20H,8H2,1-4H3,(H,21,22). The van der Waals surface area contributed by atoms with Crippen molar-refractivity contribution in [1.82, 2.24) is 4.98 Å². The fraction of sp³-hybridized carbons (Fsp3) is 0.333. The van der Waals surface area contributed by atoms with Crippen LogP contribution in [0.5, 0.6) is 0 Å². The van der Waals surface area contributed by atoms with Gasteiger partial charge in [-0.05, 0) is 44.7 Å². The van der Waals surface area contributed by atoms with E-state index < -0.39 is 24.5 Å². The SMILES string of the molecule is Cc1[nH]c(C(=O)OCC(=O)Nc2sccc2C#N)c(C)c1C(=O)OC(C)C. The van der Waals surface area contributed by atoms with Crippen LogP contribution in [0.25, 0.3) is 0 Å². The lowest BCUT2D eigenvalue weighted by Crippen LogP contribution is -2.21. The van der Waals surface area contributed by atoms with E-state index in [1.54, 1.807) is 39.1 Å². The van der Waals surface area contributed by atoms with E-state index in [9.17, 15) is 14.4 Å². The average molecular weight is 389 g/mol. The van der Waals surface area contributed by atoms with Gasteiger partial charge in [-0.3, -0.25) is 4.79 Å². The first-order valence-electron chi connectivity index (χ1n) is 8.09. The van der Waals surface area contributed by atoms with Crippen molar-refractivity contribution in [1.29, 1.82) is 5.26 Å². The molecule has 2 aromatic rings. The number of thiophene rings is 1. The molecular formula is C18H19N3O5S. The number of carbonyl (C=O) groups excluding carboxylic acids is 3. The molecule has 2 rings (SSSR count). The van der Waals surface area contributed by atoms with E-state index in [0.717, 1.165) is 0 Å². The smallest absolute Gasteiger partial charge is 0.355 e. The Balaban J connectivity index is 2.03. The number of nitriles is 1. The zero-order chi connectivity index (χ0) is 20.1. The van der Waals surface area contributed by atoms with Gasteiger partial charge in [0.2, 0.25) is 0 Å². The van der Waals surface area contributed by atoms with Crippen molar-refractivity contribution in [3.8, 4) is 6.07 Å². The molecule has 0 aromatic carbocycles. The average Bonchev–Trinajstić information content (AvgIpc) is 3.15. The fourth-order valence-corrected chi connectivity index (χ4v) is 3.15. The molecule has 27 heavy (non-hydrogen) atoms. The minimum atomic E-state index is -0.763. The molecule has 0 spiro atoms. The topological polar surface area (TPSA) is 121 Å². The molecule has 2 aromatic heterocycles. The Morgan fingerprint density at radius 1 is 1.30 bits per heavy atom. The van der Waals surface area contributed by atoms with Gasteiger partial charge in [0.1, 0.15) is 16.8 Å². The largest absolute Gasteiger partial charge is 0.459 e. The summed E-state index contributed by atoms with van der Waals surface area (Å²) in [5, 5.41) is 13.5. The van der Waals surface area contributed by atoms with Crippen LogP contribution in [0.15, 0.2) is 11.4 Å². The maximum Gasteiger partial charge on any atom is 0.355 e. The highest BCUT2D eigenvalue weighted by Gasteiger charge is 2.25. The Morgan fingerprint density at radius 3 is 2.63 bits per heavy atom. The van der Waals surface area contributed by atoms with E-state index in [1.165, 1.54) is 11.3 Å². The second-order valence-corrected chi connectivity index (χ2v) is 6.89. The molecule has 2 heterocycles. The van der Waals surface area contributed by atoms with Crippen molar-refractivity contribution >= 4 is 34.2 Å². The summed E-state index contributed by atoms with van der Waals surface area (Å²) in [5.74, 6) is -1.86. The molecule has 0 aliphatic rings. The Hall–Kier alpha value is -3.12. The number of aromatic nitrogens is 1. The molecule has 8 nitrogen and oxygen atoms in total. The molecule has 0 radical (unpaired) electrons. The van der Waals surface area contributed by atoms with Crippen LogP contribution < -0.4 is 5.32 Å². The van der Waals surface area contributed by atoms with Gasteiger partial charge in [-0.25, -0.2) is 9.59 Å². The number of carbonyl (C=O) groups is 3. The number of H-pyrrole nitrogens is 1. The summed E-state index contributed by atoms with van der Waals surface area (Å²) in [6, 6.07) is 3.53. The maximum absolute atomic E-state index is 12.3. The number of amides is 1. The van der Waals surface area contributed by atoms with E-state index in [-0.39, 0.29) is 17.4 Å². The van der Waals surface area contributed by atoms with Gasteiger partial charge in [-0.1, -0.05) is 0 Å². The van der Waals surface area contributed by atoms with Crippen LogP contribution in [-0.4, -0.2) is 35.5 Å². The number of nitrogens with one attached hydrogen (secondary N) is 2. The summed E-state index contributed by atoms with van der Waals surface area (Å²) in [4.78, 5) is 39.2.